The lowest BCUT2D eigenvalue weighted by atomic mass is 9.99. The van der Waals surface area contributed by atoms with Gasteiger partial charge in [-0.15, -0.1) is 0 Å². The Labute approximate surface area is 411 Å². The van der Waals surface area contributed by atoms with Crippen molar-refractivity contribution >= 4 is 46.4 Å². The largest absolute Gasteiger partial charge is 0.462 e. The predicted molar refractivity (Wildman–Crippen MR) is 269 cm³/mol. The second-order valence-electron chi connectivity index (χ2n) is 17.9. The second-order valence-corrected chi connectivity index (χ2v) is 17.9. The van der Waals surface area contributed by atoms with Crippen LogP contribution in [0.1, 0.15) is 22.8 Å². The summed E-state index contributed by atoms with van der Waals surface area (Å²) in [6, 6.07) is 42.3. The van der Waals surface area contributed by atoms with Gasteiger partial charge in [-0.3, -0.25) is 0 Å². The number of rotatable bonds is 10. The van der Waals surface area contributed by atoms with Crippen molar-refractivity contribution in [3.63, 3.8) is 0 Å². The molecule has 2 saturated heterocycles. The summed E-state index contributed by atoms with van der Waals surface area (Å²) in [7, 11) is 0. The summed E-state index contributed by atoms with van der Waals surface area (Å²) in [6.45, 7) is -1.19. The molecule has 72 heavy (non-hydrogen) atoms. The number of nitrogens with zero attached hydrogens (tertiary/aromatic N) is 2. The number of aromatic nitrogens is 4. The predicted octanol–water partition coefficient (Wildman–Crippen LogP) is 5.68. The lowest BCUT2D eigenvalue weighted by molar-refractivity contribution is -0.277. The normalized spacial score (nSPS) is 24.8. The zero-order chi connectivity index (χ0) is 49.6. The first kappa shape index (κ1) is 47.0. The highest BCUT2D eigenvalue weighted by Gasteiger charge is 2.46. The van der Waals surface area contributed by atoms with Crippen LogP contribution >= 0.6 is 0 Å². The molecule has 4 aliphatic rings. The van der Waals surface area contributed by atoms with Crippen LogP contribution in [0.15, 0.2) is 133 Å². The van der Waals surface area contributed by atoms with Crippen molar-refractivity contribution in [2.45, 2.75) is 61.4 Å². The third kappa shape index (κ3) is 8.79. The van der Waals surface area contributed by atoms with Gasteiger partial charge in [0.15, 0.2) is 0 Å². The summed E-state index contributed by atoms with van der Waals surface area (Å²) in [4.78, 5) is 18.1. The Bertz CT molecular complexity index is 3110. The summed E-state index contributed by atoms with van der Waals surface area (Å²) >= 11 is 0. The van der Waals surface area contributed by atoms with Gasteiger partial charge in [-0.05, 0) is 95.1 Å². The van der Waals surface area contributed by atoms with E-state index in [9.17, 15) is 40.9 Å². The second kappa shape index (κ2) is 19.7. The van der Waals surface area contributed by atoms with Gasteiger partial charge in [-0.2, -0.15) is 0 Å². The standard InChI is InChI=1S/C56H50N4O12/c61-27-43-49(63)51(65)53(67)55(71-43)69-33-15-11-31(12-16-33)47-39-23-21-37(58-39)45(29-7-3-1-4-8-29)35-19-20-36(57-35)46(30-9-5-2-6-10-30)38-22-24-40(59-38)48(42-26-25-41(47)60-42)32-13-17-34(18-14-32)70-56-54(68)52(66)50(64)44(28-62)72-56/h1-26,43-44,49-56,58-59,61-68H,27-28H2/t43-,44-,49-,50-,51+,52+,53-,54-,55-,56-/m1/s1. The molecule has 0 amide bonds. The molecule has 16 heteroatoms. The van der Waals surface area contributed by atoms with Crippen LogP contribution in [-0.2, 0) is 9.47 Å². The minimum Gasteiger partial charge on any atom is -0.462 e. The zero-order valence-corrected chi connectivity index (χ0v) is 38.3. The van der Waals surface area contributed by atoms with Crippen LogP contribution in [0.5, 0.6) is 11.5 Å². The number of fused-ring (bicyclic) bond motifs is 8. The number of benzene rings is 4. The van der Waals surface area contributed by atoms with Crippen molar-refractivity contribution in [3.8, 4) is 56.0 Å². The maximum atomic E-state index is 10.7. The van der Waals surface area contributed by atoms with Crippen LogP contribution in [0.4, 0.5) is 0 Å². The van der Waals surface area contributed by atoms with Crippen molar-refractivity contribution in [2.24, 2.45) is 0 Å². The number of hydrogen-bond donors (Lipinski definition) is 10. The molecular weight excluding hydrogens is 921 g/mol. The molecule has 8 bridgehead atoms. The van der Waals surface area contributed by atoms with Crippen LogP contribution in [0.25, 0.3) is 90.9 Å². The van der Waals surface area contributed by atoms with E-state index in [2.05, 4.69) is 34.2 Å². The molecule has 7 aromatic rings. The monoisotopic (exact) mass is 970 g/mol. The first-order valence-corrected chi connectivity index (χ1v) is 23.5. The molecule has 0 radical (unpaired) electrons. The minimum absolute atomic E-state index is 0.293. The summed E-state index contributed by atoms with van der Waals surface area (Å²) in [5.74, 6) is 0.587. The lowest BCUT2D eigenvalue weighted by Gasteiger charge is -2.39. The van der Waals surface area contributed by atoms with Crippen LogP contribution in [-0.4, -0.2) is 135 Å². The summed E-state index contributed by atoms with van der Waals surface area (Å²) in [5.41, 5.74) is 12.4. The zero-order valence-electron chi connectivity index (χ0n) is 38.3. The maximum Gasteiger partial charge on any atom is 0.229 e. The number of hydrogen-bond acceptors (Lipinski definition) is 14. The molecule has 16 nitrogen and oxygen atoms in total. The lowest BCUT2D eigenvalue weighted by Crippen LogP contribution is -2.60. The minimum atomic E-state index is -1.60. The van der Waals surface area contributed by atoms with E-state index in [1.807, 2.05) is 109 Å². The molecule has 10 atom stereocenters. The van der Waals surface area contributed by atoms with E-state index in [0.29, 0.717) is 22.9 Å². The molecule has 0 aliphatic carbocycles. The number of aliphatic hydroxyl groups excluding tert-OH is 8. The maximum absolute atomic E-state index is 10.7. The van der Waals surface area contributed by atoms with Crippen molar-refractivity contribution in [2.75, 3.05) is 13.2 Å². The highest BCUT2D eigenvalue weighted by molar-refractivity contribution is 5.99. The fourth-order valence-corrected chi connectivity index (χ4v) is 9.63. The van der Waals surface area contributed by atoms with Crippen LogP contribution in [0.3, 0.4) is 0 Å². The van der Waals surface area contributed by atoms with Gasteiger partial charge in [0.2, 0.25) is 12.6 Å². The Morgan fingerprint density at radius 1 is 0.375 bits per heavy atom. The Morgan fingerprint density at radius 2 is 0.681 bits per heavy atom. The van der Waals surface area contributed by atoms with Gasteiger partial charge in [0.1, 0.15) is 60.3 Å². The SMILES string of the molecule is OC[C@H]1O[C@@H](Oc2ccc(-c3c4nc(c(-c5ccc(O[C@@H]6O[C@H](CO)[C@@H](O)[C@H](O)[C@H]6O)cc5)c5ccc([nH]5)c(-c5ccccc5)c5nc(c(-c6ccccc6)c6ccc3[nH]6)C=C5)C=C4)cc2)[C@H](O)[C@@H](O)[C@@H]1O. The molecule has 4 aliphatic heterocycles. The van der Waals surface area contributed by atoms with Gasteiger partial charge < -0.3 is 69.8 Å². The Morgan fingerprint density at radius 3 is 0.986 bits per heavy atom. The van der Waals surface area contributed by atoms with Crippen molar-refractivity contribution in [1.82, 2.24) is 19.9 Å². The van der Waals surface area contributed by atoms with Crippen molar-refractivity contribution in [1.29, 1.82) is 0 Å². The first-order chi connectivity index (χ1) is 35.1. The molecule has 3 aromatic heterocycles. The van der Waals surface area contributed by atoms with Gasteiger partial charge in [0.05, 0.1) is 36.0 Å². The van der Waals surface area contributed by atoms with E-state index in [1.54, 1.807) is 24.3 Å². The average Bonchev–Trinajstić information content (AvgIpc) is 4.27. The van der Waals surface area contributed by atoms with E-state index in [-0.39, 0.29) is 0 Å². The van der Waals surface area contributed by atoms with Crippen molar-refractivity contribution < 1.29 is 59.8 Å². The number of aromatic amines is 2. The Balaban J connectivity index is 1.10. The molecule has 0 unspecified atom stereocenters. The van der Waals surface area contributed by atoms with Gasteiger partial charge >= 0.3 is 0 Å². The van der Waals surface area contributed by atoms with Gasteiger partial charge in [-0.25, -0.2) is 9.97 Å². The topological polar surface area (TPSA) is 256 Å². The quantitative estimate of drug-likeness (QED) is 0.0792. The highest BCUT2D eigenvalue weighted by atomic mass is 16.7. The molecule has 366 valence electrons. The highest BCUT2D eigenvalue weighted by Crippen LogP contribution is 2.40. The van der Waals surface area contributed by atoms with E-state index >= 15 is 0 Å². The smallest absolute Gasteiger partial charge is 0.229 e. The molecule has 2 fully saturated rings. The van der Waals surface area contributed by atoms with Crippen LogP contribution < -0.4 is 9.47 Å². The molecule has 0 spiro atoms. The fourth-order valence-electron chi connectivity index (χ4n) is 9.63. The molecule has 4 aromatic carbocycles. The van der Waals surface area contributed by atoms with E-state index in [0.717, 1.165) is 78.0 Å². The van der Waals surface area contributed by atoms with Crippen molar-refractivity contribution in [3.05, 3.63) is 156 Å². The van der Waals surface area contributed by atoms with E-state index < -0.39 is 74.6 Å². The van der Waals surface area contributed by atoms with Crippen LogP contribution in [0, 0.1) is 0 Å². The number of aliphatic hydroxyl groups is 8. The van der Waals surface area contributed by atoms with E-state index in [1.165, 1.54) is 0 Å². The van der Waals surface area contributed by atoms with Gasteiger partial charge in [0.25, 0.3) is 0 Å². The fraction of sp³-hybridized carbons (Fsp3) is 0.214. The molecule has 11 rings (SSSR count). The molecule has 7 heterocycles. The van der Waals surface area contributed by atoms with Gasteiger partial charge in [-0.1, -0.05) is 84.9 Å². The van der Waals surface area contributed by atoms with E-state index in [4.69, 9.17) is 28.9 Å². The molecule has 10 N–H and O–H groups in total. The molecular formula is C56H50N4O12. The van der Waals surface area contributed by atoms with Gasteiger partial charge in [0, 0.05) is 44.3 Å². The average molecular weight is 971 g/mol. The number of nitrogens with one attached hydrogen (secondary N) is 2. The Hall–Kier alpha value is -7.32. The summed E-state index contributed by atoms with van der Waals surface area (Å²) < 4.78 is 23.2. The third-order valence-electron chi connectivity index (χ3n) is 13.4. The Kier molecular flexibility index (Phi) is 12.9. The summed E-state index contributed by atoms with van der Waals surface area (Å²) in [5, 5.41) is 82.4. The molecule has 0 saturated carbocycles. The number of H-pyrrole nitrogens is 2. The third-order valence-corrected chi connectivity index (χ3v) is 13.4. The number of ether oxygens (including phenoxy) is 4. The first-order valence-electron chi connectivity index (χ1n) is 23.5. The summed E-state index contributed by atoms with van der Waals surface area (Å²) in [6.07, 6.45) is -6.54. The van der Waals surface area contributed by atoms with Crippen LogP contribution in [0.2, 0.25) is 0 Å².